The third-order valence-corrected chi connectivity index (χ3v) is 3.90. The van der Waals surface area contributed by atoms with Gasteiger partial charge in [-0.3, -0.25) is 4.79 Å². The topological polar surface area (TPSA) is 69.9 Å². The lowest BCUT2D eigenvalue weighted by molar-refractivity contribution is -0.136. The van der Waals surface area contributed by atoms with E-state index in [4.69, 9.17) is 10.3 Å². The highest BCUT2D eigenvalue weighted by atomic mass is 32.1. The number of hydrogen-bond acceptors (Lipinski definition) is 4. The van der Waals surface area contributed by atoms with Crippen LogP contribution in [0.4, 0.5) is 4.39 Å². The number of nitrogens with zero attached hydrogens (tertiary/aromatic N) is 1. The van der Waals surface area contributed by atoms with E-state index in [2.05, 4.69) is 5.16 Å². The first-order valence-electron chi connectivity index (χ1n) is 5.89. The van der Waals surface area contributed by atoms with E-state index in [1.165, 1.54) is 23.5 Å². The summed E-state index contributed by atoms with van der Waals surface area (Å²) >= 11 is 1.37. The monoisotopic (exact) mass is 293 g/mol. The minimum absolute atomic E-state index is 0.0941. The molecule has 0 aliphatic heterocycles. The van der Waals surface area contributed by atoms with Crippen molar-refractivity contribution >= 4 is 23.0 Å². The third kappa shape index (κ3) is 3.42. The van der Waals surface area contributed by atoms with Crippen LogP contribution in [0.5, 0.6) is 0 Å². The number of oxime groups is 1. The zero-order chi connectivity index (χ0) is 14.5. The Hall–Kier alpha value is -2.21. The molecule has 104 valence electrons. The molecule has 0 unspecified atom stereocenters. The molecule has 0 spiro atoms. The molecule has 0 radical (unpaired) electrons. The van der Waals surface area contributed by atoms with E-state index in [-0.39, 0.29) is 18.7 Å². The molecule has 2 aromatic rings. The van der Waals surface area contributed by atoms with Crippen LogP contribution in [0.15, 0.2) is 41.6 Å². The standard InChI is InChI=1S/C14H12FNO3S/c15-10-3-1-9(2-4-10)12-6-7-13(20-12)11(16-19)5-8-14(17)18/h1-4,6-7,19H,5,8H2,(H,17,18)/b16-11+. The lowest BCUT2D eigenvalue weighted by Crippen LogP contribution is -2.03. The van der Waals surface area contributed by atoms with Gasteiger partial charge >= 0.3 is 5.97 Å². The number of rotatable bonds is 5. The summed E-state index contributed by atoms with van der Waals surface area (Å²) < 4.78 is 12.9. The van der Waals surface area contributed by atoms with Crippen molar-refractivity contribution in [2.45, 2.75) is 12.8 Å². The number of carboxylic acid groups (broad SMARTS) is 1. The average molecular weight is 293 g/mol. The Morgan fingerprint density at radius 3 is 2.45 bits per heavy atom. The van der Waals surface area contributed by atoms with Gasteiger partial charge in [0.15, 0.2) is 0 Å². The first-order valence-corrected chi connectivity index (χ1v) is 6.70. The molecule has 0 amide bonds. The summed E-state index contributed by atoms with van der Waals surface area (Å²) in [6, 6.07) is 9.68. The summed E-state index contributed by atoms with van der Waals surface area (Å²) in [5.74, 6) is -1.24. The summed E-state index contributed by atoms with van der Waals surface area (Å²) in [7, 11) is 0. The van der Waals surface area contributed by atoms with Crippen molar-refractivity contribution in [3.8, 4) is 10.4 Å². The highest BCUT2D eigenvalue weighted by Gasteiger charge is 2.11. The van der Waals surface area contributed by atoms with E-state index in [0.717, 1.165) is 10.4 Å². The Bertz CT molecular complexity index is 634. The van der Waals surface area contributed by atoms with Gasteiger partial charge < -0.3 is 10.3 Å². The van der Waals surface area contributed by atoms with Crippen molar-refractivity contribution in [3.05, 3.63) is 47.1 Å². The molecule has 1 aromatic heterocycles. The van der Waals surface area contributed by atoms with E-state index >= 15 is 0 Å². The molecule has 1 aromatic carbocycles. The number of carboxylic acids is 1. The van der Waals surface area contributed by atoms with E-state index in [1.807, 2.05) is 6.07 Å². The quantitative estimate of drug-likeness (QED) is 0.503. The fourth-order valence-corrected chi connectivity index (χ4v) is 2.73. The van der Waals surface area contributed by atoms with Crippen molar-refractivity contribution in [1.29, 1.82) is 0 Å². The largest absolute Gasteiger partial charge is 0.481 e. The second-order valence-corrected chi connectivity index (χ2v) is 5.19. The molecule has 2 rings (SSSR count). The molecule has 0 saturated carbocycles. The van der Waals surface area contributed by atoms with Crippen LogP contribution in [-0.4, -0.2) is 22.0 Å². The fraction of sp³-hybridized carbons (Fsp3) is 0.143. The summed E-state index contributed by atoms with van der Waals surface area (Å²) in [4.78, 5) is 12.1. The second kappa shape index (κ2) is 6.29. The summed E-state index contributed by atoms with van der Waals surface area (Å²) in [6.07, 6.45) is 0.0678. The molecule has 0 saturated heterocycles. The summed E-state index contributed by atoms with van der Waals surface area (Å²) in [5, 5.41) is 20.8. The Morgan fingerprint density at radius 2 is 1.85 bits per heavy atom. The molecule has 0 atom stereocenters. The van der Waals surface area contributed by atoms with Crippen molar-refractivity contribution < 1.29 is 19.5 Å². The van der Waals surface area contributed by atoms with Crippen LogP contribution < -0.4 is 0 Å². The van der Waals surface area contributed by atoms with Gasteiger partial charge in [0.05, 0.1) is 17.0 Å². The van der Waals surface area contributed by atoms with Crippen LogP contribution in [0.25, 0.3) is 10.4 Å². The molecule has 0 bridgehead atoms. The lowest BCUT2D eigenvalue weighted by Gasteiger charge is -1.99. The second-order valence-electron chi connectivity index (χ2n) is 4.11. The van der Waals surface area contributed by atoms with Crippen LogP contribution in [0.2, 0.25) is 0 Å². The lowest BCUT2D eigenvalue weighted by atomic mass is 10.1. The van der Waals surface area contributed by atoms with Crippen LogP contribution in [0.3, 0.4) is 0 Å². The van der Waals surface area contributed by atoms with Gasteiger partial charge in [0.2, 0.25) is 0 Å². The Balaban J connectivity index is 2.19. The molecule has 6 heteroatoms. The molecule has 0 fully saturated rings. The Morgan fingerprint density at radius 1 is 1.15 bits per heavy atom. The molecular formula is C14H12FNO3S. The fourth-order valence-electron chi connectivity index (χ4n) is 1.71. The maximum Gasteiger partial charge on any atom is 0.303 e. The third-order valence-electron chi connectivity index (χ3n) is 2.72. The molecule has 4 nitrogen and oxygen atoms in total. The van der Waals surface area contributed by atoms with Gasteiger partial charge in [-0.25, -0.2) is 4.39 Å². The van der Waals surface area contributed by atoms with Gasteiger partial charge in [0.1, 0.15) is 5.82 Å². The predicted molar refractivity (Wildman–Crippen MR) is 74.9 cm³/mol. The molecule has 1 heterocycles. The maximum atomic E-state index is 12.9. The number of benzene rings is 1. The van der Waals surface area contributed by atoms with Crippen LogP contribution in [0, 0.1) is 5.82 Å². The maximum absolute atomic E-state index is 12.9. The van der Waals surface area contributed by atoms with Gasteiger partial charge in [0, 0.05) is 11.3 Å². The van der Waals surface area contributed by atoms with Gasteiger partial charge in [0.25, 0.3) is 0 Å². The van der Waals surface area contributed by atoms with E-state index in [9.17, 15) is 9.18 Å². The minimum atomic E-state index is -0.943. The zero-order valence-corrected chi connectivity index (χ0v) is 11.2. The van der Waals surface area contributed by atoms with Crippen molar-refractivity contribution in [3.63, 3.8) is 0 Å². The van der Waals surface area contributed by atoms with Crippen LogP contribution >= 0.6 is 11.3 Å². The van der Waals surface area contributed by atoms with Gasteiger partial charge in [-0.1, -0.05) is 17.3 Å². The molecule has 0 aliphatic carbocycles. The summed E-state index contributed by atoms with van der Waals surface area (Å²) in [5.41, 5.74) is 1.20. The van der Waals surface area contributed by atoms with Crippen LogP contribution in [0.1, 0.15) is 17.7 Å². The number of carbonyl (C=O) groups is 1. The molecule has 2 N–H and O–H groups in total. The number of aliphatic carboxylic acids is 1. The molecular weight excluding hydrogens is 281 g/mol. The zero-order valence-electron chi connectivity index (χ0n) is 10.4. The predicted octanol–water partition coefficient (Wildman–Crippen LogP) is 3.60. The molecule has 0 aliphatic rings. The number of thiophene rings is 1. The SMILES string of the molecule is O=C(O)CC/C(=N\O)c1ccc(-c2ccc(F)cc2)s1. The first kappa shape index (κ1) is 14.2. The van der Waals surface area contributed by atoms with Crippen molar-refractivity contribution in [2.24, 2.45) is 5.16 Å². The smallest absolute Gasteiger partial charge is 0.303 e. The van der Waals surface area contributed by atoms with Crippen molar-refractivity contribution in [1.82, 2.24) is 0 Å². The summed E-state index contributed by atoms with van der Waals surface area (Å²) in [6.45, 7) is 0. The highest BCUT2D eigenvalue weighted by molar-refractivity contribution is 7.17. The average Bonchev–Trinajstić information content (AvgIpc) is 2.89. The Kier molecular flexibility index (Phi) is 4.47. The van der Waals surface area contributed by atoms with E-state index in [1.54, 1.807) is 18.2 Å². The molecule has 20 heavy (non-hydrogen) atoms. The minimum Gasteiger partial charge on any atom is -0.481 e. The normalized spacial score (nSPS) is 11.6. The first-order chi connectivity index (χ1) is 9.60. The number of halogens is 1. The van der Waals surface area contributed by atoms with Crippen LogP contribution in [-0.2, 0) is 4.79 Å². The van der Waals surface area contributed by atoms with E-state index in [0.29, 0.717) is 10.6 Å². The van der Waals surface area contributed by atoms with Gasteiger partial charge in [-0.2, -0.15) is 0 Å². The highest BCUT2D eigenvalue weighted by Crippen LogP contribution is 2.29. The van der Waals surface area contributed by atoms with E-state index < -0.39 is 5.97 Å². The van der Waals surface area contributed by atoms with Crippen molar-refractivity contribution in [2.75, 3.05) is 0 Å². The van der Waals surface area contributed by atoms with Gasteiger partial charge in [-0.15, -0.1) is 11.3 Å². The number of hydrogen-bond donors (Lipinski definition) is 2. The Labute approximate surface area is 118 Å². The van der Waals surface area contributed by atoms with Gasteiger partial charge in [-0.05, 0) is 29.8 Å².